The molecule has 1 saturated heterocycles. The van der Waals surface area contributed by atoms with E-state index in [1.165, 1.54) is 5.56 Å². The molecule has 1 aromatic carbocycles. The highest BCUT2D eigenvalue weighted by atomic mass is 32.1. The highest BCUT2D eigenvalue weighted by molar-refractivity contribution is 7.13. The number of amides is 1. The molecule has 2 heterocycles. The third-order valence-electron chi connectivity index (χ3n) is 5.03. The molecular formula is C20H28N4OS. The first-order chi connectivity index (χ1) is 12.7. The van der Waals surface area contributed by atoms with Crippen molar-refractivity contribution in [1.29, 1.82) is 0 Å². The third kappa shape index (κ3) is 4.62. The Morgan fingerprint density at radius 2 is 1.96 bits per heavy atom. The van der Waals surface area contributed by atoms with Crippen LogP contribution in [0.2, 0.25) is 0 Å². The Balaban J connectivity index is 1.55. The quantitative estimate of drug-likeness (QED) is 0.810. The molecule has 3 rings (SSSR count). The maximum Gasteiger partial charge on any atom is 0.237 e. The van der Waals surface area contributed by atoms with Gasteiger partial charge in [-0.25, -0.2) is 4.98 Å². The van der Waals surface area contributed by atoms with E-state index in [4.69, 9.17) is 0 Å². The van der Waals surface area contributed by atoms with Crippen LogP contribution in [0.15, 0.2) is 41.9 Å². The van der Waals surface area contributed by atoms with Gasteiger partial charge in [-0.3, -0.25) is 9.69 Å². The van der Waals surface area contributed by atoms with E-state index in [1.54, 1.807) is 11.3 Å². The lowest BCUT2D eigenvalue weighted by Gasteiger charge is -2.37. The molecule has 1 aliphatic heterocycles. The van der Waals surface area contributed by atoms with Crippen molar-refractivity contribution in [3.8, 4) is 0 Å². The fourth-order valence-corrected chi connectivity index (χ4v) is 4.12. The van der Waals surface area contributed by atoms with Gasteiger partial charge >= 0.3 is 0 Å². The van der Waals surface area contributed by atoms with E-state index >= 15 is 0 Å². The zero-order chi connectivity index (χ0) is 18.4. The van der Waals surface area contributed by atoms with E-state index in [0.29, 0.717) is 0 Å². The van der Waals surface area contributed by atoms with Gasteiger partial charge in [-0.2, -0.15) is 0 Å². The first-order valence-corrected chi connectivity index (χ1v) is 10.3. The van der Waals surface area contributed by atoms with Crippen LogP contribution in [0.3, 0.4) is 0 Å². The summed E-state index contributed by atoms with van der Waals surface area (Å²) < 4.78 is 0. The molecule has 26 heavy (non-hydrogen) atoms. The Kier molecular flexibility index (Phi) is 6.63. The number of piperazine rings is 1. The fraction of sp³-hybridized carbons (Fsp3) is 0.500. The van der Waals surface area contributed by atoms with Crippen molar-refractivity contribution in [2.75, 3.05) is 31.1 Å². The van der Waals surface area contributed by atoms with Crippen LogP contribution < -0.4 is 10.2 Å². The molecule has 1 amide bonds. The maximum absolute atomic E-state index is 12.8. The lowest BCUT2D eigenvalue weighted by atomic mass is 10.0. The first-order valence-electron chi connectivity index (χ1n) is 9.43. The van der Waals surface area contributed by atoms with Gasteiger partial charge in [-0.1, -0.05) is 43.7 Å². The van der Waals surface area contributed by atoms with Crippen LogP contribution in [0.1, 0.15) is 38.3 Å². The summed E-state index contributed by atoms with van der Waals surface area (Å²) in [7, 11) is 0. The van der Waals surface area contributed by atoms with Crippen LogP contribution in [0.5, 0.6) is 0 Å². The predicted octanol–water partition coefficient (Wildman–Crippen LogP) is 3.31. The minimum atomic E-state index is -0.114. The van der Waals surface area contributed by atoms with Crippen molar-refractivity contribution in [1.82, 2.24) is 15.2 Å². The minimum Gasteiger partial charge on any atom is -0.348 e. The van der Waals surface area contributed by atoms with Crippen molar-refractivity contribution in [3.05, 3.63) is 47.5 Å². The van der Waals surface area contributed by atoms with Crippen LogP contribution in [0.4, 0.5) is 5.13 Å². The number of anilines is 1. The average Bonchev–Trinajstić information content (AvgIpc) is 3.22. The summed E-state index contributed by atoms with van der Waals surface area (Å²) >= 11 is 1.67. The first kappa shape index (κ1) is 18.9. The number of nitrogens with zero attached hydrogens (tertiary/aromatic N) is 3. The van der Waals surface area contributed by atoms with E-state index in [1.807, 2.05) is 36.7 Å². The molecule has 1 fully saturated rings. The van der Waals surface area contributed by atoms with Gasteiger partial charge in [0.25, 0.3) is 0 Å². The van der Waals surface area contributed by atoms with Crippen LogP contribution in [-0.4, -0.2) is 48.0 Å². The summed E-state index contributed by atoms with van der Waals surface area (Å²) in [5.41, 5.74) is 1.18. The van der Waals surface area contributed by atoms with E-state index in [9.17, 15) is 4.79 Å². The Morgan fingerprint density at radius 1 is 1.23 bits per heavy atom. The van der Waals surface area contributed by atoms with E-state index in [2.05, 4.69) is 39.2 Å². The third-order valence-corrected chi connectivity index (χ3v) is 5.86. The molecule has 6 heteroatoms. The van der Waals surface area contributed by atoms with E-state index in [0.717, 1.165) is 44.2 Å². The second-order valence-corrected chi connectivity index (χ2v) is 7.65. The summed E-state index contributed by atoms with van der Waals surface area (Å²) in [4.78, 5) is 21.8. The molecule has 0 bridgehead atoms. The molecule has 5 nitrogen and oxygen atoms in total. The zero-order valence-electron chi connectivity index (χ0n) is 15.6. The smallest absolute Gasteiger partial charge is 0.237 e. The molecule has 0 spiro atoms. The standard InChI is InChI=1S/C20H28N4OS/c1-3-7-18(17-8-5-4-6-9-17)22-19(25)16(2)23-11-13-24(14-12-23)20-21-10-15-26-20/h4-6,8-10,15-16,18H,3,7,11-14H2,1-2H3,(H,22,25)/t16-,18+/m0/s1. The van der Waals surface area contributed by atoms with Crippen molar-refractivity contribution in [2.24, 2.45) is 0 Å². The monoisotopic (exact) mass is 372 g/mol. The summed E-state index contributed by atoms with van der Waals surface area (Å²) in [6.07, 6.45) is 3.85. The molecule has 0 radical (unpaired) electrons. The van der Waals surface area contributed by atoms with Crippen LogP contribution in [0.25, 0.3) is 0 Å². The summed E-state index contributed by atoms with van der Waals surface area (Å²) in [5, 5.41) is 6.35. The van der Waals surface area contributed by atoms with Crippen LogP contribution in [-0.2, 0) is 4.79 Å². The topological polar surface area (TPSA) is 48.5 Å². The molecular weight excluding hydrogens is 344 g/mol. The normalized spacial score (nSPS) is 17.7. The predicted molar refractivity (Wildman–Crippen MR) is 108 cm³/mol. The number of benzene rings is 1. The summed E-state index contributed by atoms with van der Waals surface area (Å²) in [5.74, 6) is 0.120. The van der Waals surface area contributed by atoms with Gasteiger partial charge in [0.05, 0.1) is 12.1 Å². The number of hydrogen-bond donors (Lipinski definition) is 1. The Labute approximate surface area is 160 Å². The second kappa shape index (κ2) is 9.14. The molecule has 0 aliphatic carbocycles. The maximum atomic E-state index is 12.8. The van der Waals surface area contributed by atoms with Crippen LogP contribution >= 0.6 is 11.3 Å². The number of nitrogens with one attached hydrogen (secondary N) is 1. The molecule has 1 aromatic heterocycles. The van der Waals surface area contributed by atoms with Gasteiger partial charge in [-0.15, -0.1) is 11.3 Å². The minimum absolute atomic E-state index is 0.0905. The van der Waals surface area contributed by atoms with Gasteiger partial charge in [0, 0.05) is 37.8 Å². The Morgan fingerprint density at radius 3 is 2.58 bits per heavy atom. The molecule has 1 aliphatic rings. The van der Waals surface area contributed by atoms with Crippen molar-refractivity contribution in [3.63, 3.8) is 0 Å². The summed E-state index contributed by atoms with van der Waals surface area (Å²) in [6.45, 7) is 7.78. The van der Waals surface area contributed by atoms with Crippen molar-refractivity contribution >= 4 is 22.4 Å². The number of aromatic nitrogens is 1. The molecule has 140 valence electrons. The van der Waals surface area contributed by atoms with Crippen molar-refractivity contribution < 1.29 is 4.79 Å². The lowest BCUT2D eigenvalue weighted by Crippen LogP contribution is -2.54. The van der Waals surface area contributed by atoms with E-state index in [-0.39, 0.29) is 18.0 Å². The lowest BCUT2D eigenvalue weighted by molar-refractivity contribution is -0.126. The second-order valence-electron chi connectivity index (χ2n) is 6.77. The van der Waals surface area contributed by atoms with Gasteiger partial charge < -0.3 is 10.2 Å². The van der Waals surface area contributed by atoms with E-state index < -0.39 is 0 Å². The van der Waals surface area contributed by atoms with Gasteiger partial charge in [0.15, 0.2) is 5.13 Å². The Bertz CT molecular complexity index is 668. The Hall–Kier alpha value is -1.92. The number of carbonyl (C=O) groups is 1. The largest absolute Gasteiger partial charge is 0.348 e. The molecule has 2 aromatic rings. The van der Waals surface area contributed by atoms with Crippen molar-refractivity contribution in [2.45, 2.75) is 38.8 Å². The zero-order valence-corrected chi connectivity index (χ0v) is 16.4. The van der Waals surface area contributed by atoms with Gasteiger partial charge in [0.1, 0.15) is 0 Å². The molecule has 0 unspecified atom stereocenters. The average molecular weight is 373 g/mol. The number of carbonyl (C=O) groups excluding carboxylic acids is 1. The summed E-state index contributed by atoms with van der Waals surface area (Å²) in [6, 6.07) is 10.2. The molecule has 0 saturated carbocycles. The van der Waals surface area contributed by atoms with Crippen LogP contribution in [0, 0.1) is 0 Å². The number of hydrogen-bond acceptors (Lipinski definition) is 5. The fourth-order valence-electron chi connectivity index (χ4n) is 3.43. The molecule has 1 N–H and O–H groups in total. The number of rotatable bonds is 7. The highest BCUT2D eigenvalue weighted by Gasteiger charge is 2.27. The van der Waals surface area contributed by atoms with Gasteiger partial charge in [-0.05, 0) is 18.9 Å². The highest BCUT2D eigenvalue weighted by Crippen LogP contribution is 2.21. The SMILES string of the molecule is CCC[C@@H](NC(=O)[C@H](C)N1CCN(c2nccs2)CC1)c1ccccc1. The number of thiazole rings is 1. The van der Waals surface area contributed by atoms with Gasteiger partial charge in [0.2, 0.25) is 5.91 Å². The molecule has 2 atom stereocenters.